The van der Waals surface area contributed by atoms with Gasteiger partial charge < -0.3 is 0 Å². The molecule has 1 fully saturated rings. The first kappa shape index (κ1) is 8.18. The van der Waals surface area contributed by atoms with Gasteiger partial charge in [0.05, 0.1) is 6.04 Å². The number of nitrogens with zero attached hydrogens (tertiary/aromatic N) is 1. The fourth-order valence-electron chi connectivity index (χ4n) is 1.40. The van der Waals surface area contributed by atoms with Crippen LogP contribution in [0.25, 0.3) is 0 Å². The van der Waals surface area contributed by atoms with E-state index in [0.717, 1.165) is 0 Å². The summed E-state index contributed by atoms with van der Waals surface area (Å²) in [6, 6.07) is -0.901. The van der Waals surface area contributed by atoms with Gasteiger partial charge in [0.1, 0.15) is 11.9 Å². The summed E-state index contributed by atoms with van der Waals surface area (Å²) in [6.07, 6.45) is 0. The molecule has 2 rings (SSSR count). The quantitative estimate of drug-likeness (QED) is 0.430. The minimum absolute atomic E-state index is 0.0949. The standard InChI is InChI=1S/C7H10N4O2/c1-3-2-8-4-5(9-3)10-7(13)11-6(4)12/h3-4,8H,2H2,1H3,(H2,9,10,11,12,13). The molecule has 6 nitrogen and oxygen atoms in total. The highest BCUT2D eigenvalue weighted by Gasteiger charge is 2.34. The molecule has 6 heteroatoms. The van der Waals surface area contributed by atoms with Crippen molar-refractivity contribution in [1.29, 1.82) is 0 Å². The molecule has 0 aromatic heterocycles. The molecule has 2 heterocycles. The number of carbonyl (C=O) groups excluding carboxylic acids is 2. The second kappa shape index (κ2) is 2.81. The van der Waals surface area contributed by atoms with Crippen LogP contribution >= 0.6 is 0 Å². The first-order valence-electron chi connectivity index (χ1n) is 4.10. The lowest BCUT2D eigenvalue weighted by atomic mass is 10.1. The van der Waals surface area contributed by atoms with Crippen LogP contribution in [0.4, 0.5) is 4.79 Å². The van der Waals surface area contributed by atoms with Gasteiger partial charge in [-0.3, -0.25) is 25.7 Å². The van der Waals surface area contributed by atoms with E-state index in [1.54, 1.807) is 0 Å². The largest absolute Gasteiger partial charge is 0.326 e. The van der Waals surface area contributed by atoms with Crippen LogP contribution in [0.3, 0.4) is 0 Å². The molecule has 0 aromatic rings. The first-order valence-corrected chi connectivity index (χ1v) is 4.10. The summed E-state index contributed by atoms with van der Waals surface area (Å²) < 4.78 is 0. The Labute approximate surface area is 74.8 Å². The van der Waals surface area contributed by atoms with Crippen molar-refractivity contribution >= 4 is 17.8 Å². The molecule has 3 amide bonds. The second-order valence-electron chi connectivity index (χ2n) is 3.15. The highest BCUT2D eigenvalue weighted by molar-refractivity contribution is 6.20. The number of urea groups is 1. The number of amides is 3. The van der Waals surface area contributed by atoms with E-state index < -0.39 is 12.1 Å². The first-order chi connectivity index (χ1) is 6.16. The number of carbonyl (C=O) groups is 2. The van der Waals surface area contributed by atoms with E-state index in [1.807, 2.05) is 6.92 Å². The lowest BCUT2D eigenvalue weighted by Gasteiger charge is -2.30. The lowest BCUT2D eigenvalue weighted by Crippen LogP contribution is -2.66. The maximum absolute atomic E-state index is 11.2. The summed E-state index contributed by atoms with van der Waals surface area (Å²) in [5.41, 5.74) is 0. The van der Waals surface area contributed by atoms with Gasteiger partial charge in [0, 0.05) is 6.54 Å². The van der Waals surface area contributed by atoms with E-state index in [-0.39, 0.29) is 11.9 Å². The number of amidine groups is 1. The average Bonchev–Trinajstić information content (AvgIpc) is 2.02. The maximum Gasteiger partial charge on any atom is 0.326 e. The minimum atomic E-state index is -0.504. The van der Waals surface area contributed by atoms with Gasteiger partial charge in [0.25, 0.3) is 5.91 Å². The topological polar surface area (TPSA) is 82.6 Å². The predicted molar refractivity (Wildman–Crippen MR) is 45.4 cm³/mol. The van der Waals surface area contributed by atoms with Crippen LogP contribution < -0.4 is 16.0 Å². The molecule has 0 bridgehead atoms. The molecule has 0 saturated carbocycles. The highest BCUT2D eigenvalue weighted by atomic mass is 16.2. The van der Waals surface area contributed by atoms with Gasteiger partial charge in [-0.1, -0.05) is 0 Å². The Balaban J connectivity index is 2.26. The molecule has 1 saturated heterocycles. The number of nitrogens with one attached hydrogen (secondary N) is 3. The summed E-state index contributed by atoms with van der Waals surface area (Å²) in [5.74, 6) is 0.0851. The van der Waals surface area contributed by atoms with Gasteiger partial charge in [0.15, 0.2) is 0 Å². The minimum Gasteiger partial charge on any atom is -0.297 e. The van der Waals surface area contributed by atoms with Crippen molar-refractivity contribution in [3.63, 3.8) is 0 Å². The molecule has 0 aromatic carbocycles. The van der Waals surface area contributed by atoms with Crippen molar-refractivity contribution in [1.82, 2.24) is 16.0 Å². The number of imide groups is 1. The van der Waals surface area contributed by atoms with Crippen LogP contribution in [0.1, 0.15) is 6.92 Å². The zero-order chi connectivity index (χ0) is 9.42. The van der Waals surface area contributed by atoms with Crippen LogP contribution in [-0.4, -0.2) is 36.4 Å². The Morgan fingerprint density at radius 3 is 2.92 bits per heavy atom. The Bertz CT molecular complexity index is 299. The van der Waals surface area contributed by atoms with E-state index in [2.05, 4.69) is 20.9 Å². The third-order valence-electron chi connectivity index (χ3n) is 1.99. The maximum atomic E-state index is 11.2. The molecule has 2 unspecified atom stereocenters. The van der Waals surface area contributed by atoms with E-state index in [9.17, 15) is 9.59 Å². The smallest absolute Gasteiger partial charge is 0.297 e. The van der Waals surface area contributed by atoms with Gasteiger partial charge in [-0.05, 0) is 6.92 Å². The van der Waals surface area contributed by atoms with Gasteiger partial charge in [-0.15, -0.1) is 0 Å². The molecular formula is C7H10N4O2. The van der Waals surface area contributed by atoms with Crippen molar-refractivity contribution in [3.05, 3.63) is 0 Å². The molecule has 0 spiro atoms. The molecule has 0 aliphatic carbocycles. The molecule has 2 aliphatic heterocycles. The molecule has 3 N–H and O–H groups in total. The molecular weight excluding hydrogens is 172 g/mol. The fourth-order valence-corrected chi connectivity index (χ4v) is 1.40. The zero-order valence-corrected chi connectivity index (χ0v) is 7.13. The van der Waals surface area contributed by atoms with E-state index in [1.165, 1.54) is 0 Å². The highest BCUT2D eigenvalue weighted by Crippen LogP contribution is 2.03. The predicted octanol–water partition coefficient (Wildman–Crippen LogP) is -1.42. The van der Waals surface area contributed by atoms with E-state index in [4.69, 9.17) is 0 Å². The Morgan fingerprint density at radius 2 is 2.15 bits per heavy atom. The van der Waals surface area contributed by atoms with Crippen LogP contribution in [0.5, 0.6) is 0 Å². The van der Waals surface area contributed by atoms with Crippen molar-refractivity contribution in [2.75, 3.05) is 6.54 Å². The Hall–Kier alpha value is -1.43. The summed E-state index contributed by atoms with van der Waals surface area (Å²) in [5, 5.41) is 7.64. The monoisotopic (exact) mass is 182 g/mol. The third kappa shape index (κ3) is 1.40. The summed E-state index contributed by atoms with van der Waals surface area (Å²) in [6.45, 7) is 2.56. The molecule has 13 heavy (non-hydrogen) atoms. The normalized spacial score (nSPS) is 32.8. The van der Waals surface area contributed by atoms with Gasteiger partial charge in [0.2, 0.25) is 0 Å². The van der Waals surface area contributed by atoms with E-state index >= 15 is 0 Å². The number of fused-ring (bicyclic) bond motifs is 1. The van der Waals surface area contributed by atoms with Crippen LogP contribution in [-0.2, 0) is 4.79 Å². The van der Waals surface area contributed by atoms with Crippen molar-refractivity contribution in [2.45, 2.75) is 19.0 Å². The van der Waals surface area contributed by atoms with Crippen molar-refractivity contribution < 1.29 is 9.59 Å². The Morgan fingerprint density at radius 1 is 1.38 bits per heavy atom. The van der Waals surface area contributed by atoms with Crippen LogP contribution in [0, 0.1) is 0 Å². The summed E-state index contributed by atoms with van der Waals surface area (Å²) in [7, 11) is 0. The summed E-state index contributed by atoms with van der Waals surface area (Å²) in [4.78, 5) is 26.3. The van der Waals surface area contributed by atoms with Crippen LogP contribution in [0.2, 0.25) is 0 Å². The molecule has 2 atom stereocenters. The molecule has 2 aliphatic rings. The number of aliphatic imine (C=N–C) groups is 1. The van der Waals surface area contributed by atoms with Crippen LogP contribution in [0.15, 0.2) is 4.99 Å². The lowest BCUT2D eigenvalue weighted by molar-refractivity contribution is -0.120. The molecule has 0 radical (unpaired) electrons. The number of hydrogen-bond donors (Lipinski definition) is 3. The van der Waals surface area contributed by atoms with Gasteiger partial charge in [-0.25, -0.2) is 4.79 Å². The van der Waals surface area contributed by atoms with Gasteiger partial charge >= 0.3 is 6.03 Å². The Kier molecular flexibility index (Phi) is 1.77. The van der Waals surface area contributed by atoms with Crippen molar-refractivity contribution in [2.24, 2.45) is 4.99 Å². The number of hydrogen-bond acceptors (Lipinski definition) is 4. The zero-order valence-electron chi connectivity index (χ0n) is 7.13. The molecule has 70 valence electrons. The summed E-state index contributed by atoms with van der Waals surface area (Å²) >= 11 is 0. The van der Waals surface area contributed by atoms with E-state index in [0.29, 0.717) is 12.4 Å². The average molecular weight is 182 g/mol. The second-order valence-corrected chi connectivity index (χ2v) is 3.15. The SMILES string of the molecule is CC1CNC2C(=O)NC(=O)NC2=N1. The van der Waals surface area contributed by atoms with Crippen molar-refractivity contribution in [3.8, 4) is 0 Å². The number of rotatable bonds is 0. The van der Waals surface area contributed by atoms with Gasteiger partial charge in [-0.2, -0.15) is 0 Å². The third-order valence-corrected chi connectivity index (χ3v) is 1.99. The fraction of sp³-hybridized carbons (Fsp3) is 0.571.